The van der Waals surface area contributed by atoms with Crippen molar-refractivity contribution in [3.63, 3.8) is 0 Å². The van der Waals surface area contributed by atoms with Gasteiger partial charge in [-0.2, -0.15) is 5.10 Å². The number of carbonyl (C=O) groups is 1. The maximum Gasteiger partial charge on any atom is 0.230 e. The summed E-state index contributed by atoms with van der Waals surface area (Å²) >= 11 is 0. The van der Waals surface area contributed by atoms with Crippen molar-refractivity contribution >= 4 is 22.6 Å². The van der Waals surface area contributed by atoms with Crippen LogP contribution in [0, 0.1) is 0 Å². The quantitative estimate of drug-likeness (QED) is 0.615. The SMILES string of the molecule is Cn1cc(-c2cnc3cnc(NC(=O)Cc4cccnc4)cc3c2)cn1. The highest BCUT2D eigenvalue weighted by Gasteiger charge is 2.08. The second-order valence-corrected chi connectivity index (χ2v) is 5.98. The molecule has 0 atom stereocenters. The first-order chi connectivity index (χ1) is 12.7. The van der Waals surface area contributed by atoms with Crippen molar-refractivity contribution < 1.29 is 4.79 Å². The molecule has 0 bridgehead atoms. The van der Waals surface area contributed by atoms with E-state index in [9.17, 15) is 4.79 Å². The van der Waals surface area contributed by atoms with Crippen LogP contribution in [0.1, 0.15) is 5.56 Å². The van der Waals surface area contributed by atoms with E-state index in [2.05, 4.69) is 25.4 Å². The molecule has 7 heteroatoms. The number of amides is 1. The number of fused-ring (bicyclic) bond motifs is 1. The van der Waals surface area contributed by atoms with E-state index in [0.29, 0.717) is 5.82 Å². The first kappa shape index (κ1) is 15.9. The van der Waals surface area contributed by atoms with Gasteiger partial charge in [-0.1, -0.05) is 6.07 Å². The molecule has 0 aliphatic carbocycles. The Morgan fingerprint density at radius 3 is 2.81 bits per heavy atom. The van der Waals surface area contributed by atoms with Gasteiger partial charge in [0.15, 0.2) is 0 Å². The Kier molecular flexibility index (Phi) is 4.10. The molecule has 26 heavy (non-hydrogen) atoms. The van der Waals surface area contributed by atoms with Crippen LogP contribution in [-0.2, 0) is 18.3 Å². The molecule has 0 aromatic carbocycles. The summed E-state index contributed by atoms with van der Waals surface area (Å²) < 4.78 is 1.75. The number of anilines is 1. The Morgan fingerprint density at radius 1 is 1.12 bits per heavy atom. The summed E-state index contributed by atoms with van der Waals surface area (Å²) in [5.74, 6) is 0.359. The average molecular weight is 344 g/mol. The number of aryl methyl sites for hydroxylation is 1. The highest BCUT2D eigenvalue weighted by atomic mass is 16.1. The summed E-state index contributed by atoms with van der Waals surface area (Å²) in [6, 6.07) is 7.51. The molecular formula is C19H16N6O. The molecule has 0 fully saturated rings. The first-order valence-electron chi connectivity index (χ1n) is 8.11. The lowest BCUT2D eigenvalue weighted by Crippen LogP contribution is -2.15. The molecule has 0 aliphatic rings. The average Bonchev–Trinajstić information content (AvgIpc) is 3.08. The zero-order chi connectivity index (χ0) is 17.9. The third-order valence-electron chi connectivity index (χ3n) is 3.96. The lowest BCUT2D eigenvalue weighted by Gasteiger charge is -2.06. The lowest BCUT2D eigenvalue weighted by atomic mass is 10.1. The topological polar surface area (TPSA) is 85.6 Å². The number of pyridine rings is 3. The first-order valence-corrected chi connectivity index (χ1v) is 8.11. The Balaban J connectivity index is 1.57. The predicted octanol–water partition coefficient (Wildman–Crippen LogP) is 2.61. The minimum absolute atomic E-state index is 0.138. The Morgan fingerprint density at radius 2 is 2.04 bits per heavy atom. The number of rotatable bonds is 4. The van der Waals surface area contributed by atoms with E-state index in [1.807, 2.05) is 37.5 Å². The molecule has 1 amide bonds. The van der Waals surface area contributed by atoms with Crippen molar-refractivity contribution in [3.05, 3.63) is 67.0 Å². The van der Waals surface area contributed by atoms with Gasteiger partial charge in [0.25, 0.3) is 0 Å². The molecule has 1 N–H and O–H groups in total. The maximum atomic E-state index is 12.2. The van der Waals surface area contributed by atoms with Crippen molar-refractivity contribution in [1.29, 1.82) is 0 Å². The molecule has 128 valence electrons. The van der Waals surface area contributed by atoms with Gasteiger partial charge in [0.05, 0.1) is 24.3 Å². The van der Waals surface area contributed by atoms with Gasteiger partial charge >= 0.3 is 0 Å². The predicted molar refractivity (Wildman–Crippen MR) is 98.3 cm³/mol. The molecule has 0 saturated carbocycles. The van der Waals surface area contributed by atoms with Crippen LogP contribution >= 0.6 is 0 Å². The van der Waals surface area contributed by atoms with Gasteiger partial charge in [-0.05, 0) is 23.8 Å². The summed E-state index contributed by atoms with van der Waals surface area (Å²) in [4.78, 5) is 24.9. The molecule has 4 aromatic rings. The molecule has 0 radical (unpaired) electrons. The number of aromatic nitrogens is 5. The fraction of sp³-hybridized carbons (Fsp3) is 0.105. The normalized spacial score (nSPS) is 10.8. The molecule has 4 heterocycles. The molecule has 7 nitrogen and oxygen atoms in total. The molecule has 0 spiro atoms. The Hall–Kier alpha value is -3.61. The van der Waals surface area contributed by atoms with Crippen molar-refractivity contribution in [2.24, 2.45) is 7.05 Å². The summed E-state index contributed by atoms with van der Waals surface area (Å²) in [6.07, 6.45) is 10.8. The second-order valence-electron chi connectivity index (χ2n) is 5.98. The minimum Gasteiger partial charge on any atom is -0.310 e. The summed E-state index contributed by atoms with van der Waals surface area (Å²) in [5.41, 5.74) is 3.57. The summed E-state index contributed by atoms with van der Waals surface area (Å²) in [5, 5.41) is 7.91. The molecule has 0 aliphatic heterocycles. The van der Waals surface area contributed by atoms with Crippen LogP contribution in [0.2, 0.25) is 0 Å². The Bertz CT molecular complexity index is 1070. The largest absolute Gasteiger partial charge is 0.310 e. The van der Waals surface area contributed by atoms with Crippen molar-refractivity contribution in [1.82, 2.24) is 24.7 Å². The standard InChI is InChI=1S/C19H16N6O/c1-25-12-16(10-23-25)15-6-14-7-18(22-11-17(14)21-9-15)24-19(26)5-13-3-2-4-20-8-13/h2-4,6-12H,5H2,1H3,(H,22,24,26). The monoisotopic (exact) mass is 344 g/mol. The third-order valence-corrected chi connectivity index (χ3v) is 3.96. The lowest BCUT2D eigenvalue weighted by molar-refractivity contribution is -0.115. The van der Waals surface area contributed by atoms with Gasteiger partial charge in [0, 0.05) is 48.3 Å². The molecule has 4 rings (SSSR count). The van der Waals surface area contributed by atoms with Crippen LogP contribution in [0.15, 0.2) is 61.4 Å². The van der Waals surface area contributed by atoms with Gasteiger partial charge in [-0.25, -0.2) is 4.98 Å². The van der Waals surface area contributed by atoms with Crippen LogP contribution in [-0.4, -0.2) is 30.6 Å². The number of hydrogen-bond acceptors (Lipinski definition) is 5. The zero-order valence-electron chi connectivity index (χ0n) is 14.1. The van der Waals surface area contributed by atoms with Crippen LogP contribution in [0.4, 0.5) is 5.82 Å². The van der Waals surface area contributed by atoms with Gasteiger partial charge in [-0.3, -0.25) is 19.4 Å². The van der Waals surface area contributed by atoms with Crippen LogP contribution in [0.25, 0.3) is 22.0 Å². The summed E-state index contributed by atoms with van der Waals surface area (Å²) in [7, 11) is 1.87. The smallest absolute Gasteiger partial charge is 0.230 e. The highest BCUT2D eigenvalue weighted by Crippen LogP contribution is 2.23. The second kappa shape index (κ2) is 6.72. The maximum absolute atomic E-state index is 12.2. The number of hydrogen-bond donors (Lipinski definition) is 1. The zero-order valence-corrected chi connectivity index (χ0v) is 14.1. The van der Waals surface area contributed by atoms with Crippen LogP contribution in [0.3, 0.4) is 0 Å². The molecule has 4 aromatic heterocycles. The van der Waals surface area contributed by atoms with Gasteiger partial charge in [0.1, 0.15) is 5.82 Å². The minimum atomic E-state index is -0.138. The van der Waals surface area contributed by atoms with E-state index < -0.39 is 0 Å². The van der Waals surface area contributed by atoms with Crippen LogP contribution < -0.4 is 5.32 Å². The van der Waals surface area contributed by atoms with Gasteiger partial charge in [0.2, 0.25) is 5.91 Å². The fourth-order valence-corrected chi connectivity index (χ4v) is 2.70. The van der Waals surface area contributed by atoms with E-state index in [1.165, 1.54) is 0 Å². The van der Waals surface area contributed by atoms with E-state index in [4.69, 9.17) is 0 Å². The third kappa shape index (κ3) is 3.41. The summed E-state index contributed by atoms with van der Waals surface area (Å²) in [6.45, 7) is 0. The molecule has 0 unspecified atom stereocenters. The van der Waals surface area contributed by atoms with E-state index in [-0.39, 0.29) is 12.3 Å². The van der Waals surface area contributed by atoms with E-state index in [1.54, 1.807) is 35.7 Å². The molecular weight excluding hydrogens is 328 g/mol. The fourth-order valence-electron chi connectivity index (χ4n) is 2.70. The van der Waals surface area contributed by atoms with E-state index >= 15 is 0 Å². The van der Waals surface area contributed by atoms with Gasteiger partial charge < -0.3 is 5.32 Å². The van der Waals surface area contributed by atoms with Gasteiger partial charge in [-0.15, -0.1) is 0 Å². The van der Waals surface area contributed by atoms with Crippen molar-refractivity contribution in [3.8, 4) is 11.1 Å². The Labute approximate surface area is 149 Å². The van der Waals surface area contributed by atoms with Crippen LogP contribution in [0.5, 0.6) is 0 Å². The van der Waals surface area contributed by atoms with E-state index in [0.717, 1.165) is 27.6 Å². The number of nitrogens with zero attached hydrogens (tertiary/aromatic N) is 5. The van der Waals surface area contributed by atoms with Crippen molar-refractivity contribution in [2.75, 3.05) is 5.32 Å². The molecule has 0 saturated heterocycles. The number of nitrogens with one attached hydrogen (secondary N) is 1. The number of carbonyl (C=O) groups excluding carboxylic acids is 1. The highest BCUT2D eigenvalue weighted by molar-refractivity contribution is 5.93. The van der Waals surface area contributed by atoms with Crippen molar-refractivity contribution in [2.45, 2.75) is 6.42 Å².